The van der Waals surface area contributed by atoms with Crippen molar-refractivity contribution in [3.05, 3.63) is 149 Å². The van der Waals surface area contributed by atoms with Crippen LogP contribution in [-0.2, 0) is 0 Å². The second-order valence-electron chi connectivity index (χ2n) is 12.1. The van der Waals surface area contributed by atoms with Gasteiger partial charge in [-0.1, -0.05) is 138 Å². The van der Waals surface area contributed by atoms with E-state index in [0.29, 0.717) is 0 Å². The molecule has 0 unspecified atom stereocenters. The minimum absolute atomic E-state index is 0.0601. The number of nitrogens with zero attached hydrogens (tertiary/aromatic N) is 1. The molecule has 0 aliphatic rings. The highest BCUT2D eigenvalue weighted by Crippen LogP contribution is 2.50. The first kappa shape index (κ1) is 27.6. The summed E-state index contributed by atoms with van der Waals surface area (Å²) in [5.74, 6) is 0.0601. The highest BCUT2D eigenvalue weighted by atomic mass is 16.1. The minimum Gasteiger partial charge on any atom is -0.307 e. The number of hydrogen-bond acceptors (Lipinski definition) is 1. The van der Waals surface area contributed by atoms with Gasteiger partial charge in [0, 0.05) is 22.1 Å². The number of benzene rings is 5. The number of carbonyl (C=O) groups is 1. The lowest BCUT2D eigenvalue weighted by molar-refractivity contribution is 0.102. The number of pyridine rings is 1. The van der Waals surface area contributed by atoms with Gasteiger partial charge >= 0.3 is 0 Å². The Morgan fingerprint density at radius 2 is 0.886 bits per heavy atom. The Kier molecular flexibility index (Phi) is 6.78. The van der Waals surface area contributed by atoms with Gasteiger partial charge in [-0.3, -0.25) is 4.79 Å². The Morgan fingerprint density at radius 1 is 0.477 bits per heavy atom. The molecule has 2 aromatic heterocycles. The van der Waals surface area contributed by atoms with Crippen molar-refractivity contribution >= 4 is 22.2 Å². The molecule has 0 amide bonds. The lowest BCUT2D eigenvalue weighted by Gasteiger charge is -2.24. The molecule has 0 aliphatic heterocycles. The molecular weight excluding hydrogens is 534 g/mol. The van der Waals surface area contributed by atoms with Crippen LogP contribution in [0.1, 0.15) is 39.5 Å². The summed E-state index contributed by atoms with van der Waals surface area (Å²) in [5.41, 5.74) is 16.5. The van der Waals surface area contributed by atoms with E-state index >= 15 is 0 Å². The molecule has 214 valence electrons. The molecule has 0 bridgehead atoms. The summed E-state index contributed by atoms with van der Waals surface area (Å²) in [4.78, 5) is 13.7. The van der Waals surface area contributed by atoms with Crippen molar-refractivity contribution in [3.8, 4) is 44.6 Å². The Morgan fingerprint density at radius 3 is 1.36 bits per heavy atom. The fourth-order valence-electron chi connectivity index (χ4n) is 6.54. The molecule has 0 radical (unpaired) electrons. The van der Waals surface area contributed by atoms with E-state index in [1.165, 1.54) is 22.3 Å². The van der Waals surface area contributed by atoms with Gasteiger partial charge in [0.1, 0.15) is 0 Å². The quantitative estimate of drug-likeness (QED) is 0.189. The molecule has 0 fully saturated rings. The molecule has 0 atom stereocenters. The summed E-state index contributed by atoms with van der Waals surface area (Å²) >= 11 is 0. The van der Waals surface area contributed by atoms with Crippen LogP contribution in [0.5, 0.6) is 0 Å². The van der Waals surface area contributed by atoms with E-state index < -0.39 is 0 Å². The maximum atomic E-state index is 13.7. The van der Waals surface area contributed by atoms with Crippen molar-refractivity contribution in [2.24, 2.45) is 0 Å². The van der Waals surface area contributed by atoms with Gasteiger partial charge in [-0.15, -0.1) is 0 Å². The molecule has 0 N–H and O–H groups in total. The molecular formula is C42H35NO. The Balaban J connectivity index is 1.84. The third-order valence-corrected chi connectivity index (χ3v) is 8.77. The minimum atomic E-state index is 0.0601. The van der Waals surface area contributed by atoms with Crippen LogP contribution in [0.15, 0.2) is 121 Å². The zero-order chi connectivity index (χ0) is 30.5. The molecule has 0 saturated heterocycles. The summed E-state index contributed by atoms with van der Waals surface area (Å²) in [6.45, 7) is 10.2. The van der Waals surface area contributed by atoms with Gasteiger partial charge in [0.15, 0.2) is 5.78 Å². The predicted molar refractivity (Wildman–Crippen MR) is 186 cm³/mol. The number of ketones is 1. The van der Waals surface area contributed by atoms with Crippen molar-refractivity contribution < 1.29 is 4.79 Å². The van der Waals surface area contributed by atoms with Crippen LogP contribution in [0, 0.1) is 27.7 Å². The topological polar surface area (TPSA) is 21.5 Å². The lowest BCUT2D eigenvalue weighted by atomic mass is 9.83. The average molecular weight is 570 g/mol. The summed E-state index contributed by atoms with van der Waals surface area (Å²) in [7, 11) is 0. The van der Waals surface area contributed by atoms with Gasteiger partial charge in [0.25, 0.3) is 0 Å². The van der Waals surface area contributed by atoms with Gasteiger partial charge in [-0.25, -0.2) is 0 Å². The number of carbonyl (C=O) groups excluding carboxylic acids is 1. The van der Waals surface area contributed by atoms with Crippen molar-refractivity contribution in [2.75, 3.05) is 0 Å². The van der Waals surface area contributed by atoms with E-state index in [1.807, 2.05) is 6.07 Å². The number of aromatic nitrogens is 1. The van der Waals surface area contributed by atoms with Crippen LogP contribution >= 0.6 is 0 Å². The number of aryl methyl sites for hydroxylation is 4. The van der Waals surface area contributed by atoms with Crippen LogP contribution in [0.25, 0.3) is 61.1 Å². The maximum Gasteiger partial charge on any atom is 0.162 e. The molecule has 0 saturated carbocycles. The van der Waals surface area contributed by atoms with Gasteiger partial charge in [0.2, 0.25) is 0 Å². The van der Waals surface area contributed by atoms with E-state index in [0.717, 1.165) is 66.6 Å². The first-order valence-electron chi connectivity index (χ1n) is 15.2. The molecule has 2 heteroatoms. The first-order valence-corrected chi connectivity index (χ1v) is 15.2. The largest absolute Gasteiger partial charge is 0.307 e. The molecule has 5 aromatic carbocycles. The Hall–Kier alpha value is -5.21. The van der Waals surface area contributed by atoms with Crippen molar-refractivity contribution in [1.29, 1.82) is 0 Å². The number of para-hydroxylation sites is 1. The van der Waals surface area contributed by atoms with Gasteiger partial charge < -0.3 is 4.40 Å². The third kappa shape index (κ3) is 4.55. The van der Waals surface area contributed by atoms with E-state index in [9.17, 15) is 4.79 Å². The lowest BCUT2D eigenvalue weighted by Crippen LogP contribution is -2.04. The second kappa shape index (κ2) is 10.8. The molecule has 7 aromatic rings. The zero-order valence-corrected chi connectivity index (χ0v) is 25.9. The molecule has 44 heavy (non-hydrogen) atoms. The maximum absolute atomic E-state index is 13.7. The van der Waals surface area contributed by atoms with Crippen molar-refractivity contribution in [1.82, 2.24) is 4.40 Å². The van der Waals surface area contributed by atoms with Crippen LogP contribution in [0.2, 0.25) is 0 Å². The number of Topliss-reactive ketones (excluding diaryl/α,β-unsaturated/α-hetero) is 1. The summed E-state index contributed by atoms with van der Waals surface area (Å²) in [6, 6.07) is 43.6. The Bertz CT molecular complexity index is 2180. The van der Waals surface area contributed by atoms with Crippen LogP contribution in [0.4, 0.5) is 0 Å². The highest BCUT2D eigenvalue weighted by molar-refractivity contribution is 6.20. The molecule has 2 heterocycles. The average Bonchev–Trinajstić information content (AvgIpc) is 3.37. The molecule has 0 aliphatic carbocycles. The van der Waals surface area contributed by atoms with Gasteiger partial charge in [0.05, 0.1) is 22.3 Å². The fraction of sp³-hybridized carbons (Fsp3) is 0.119. The van der Waals surface area contributed by atoms with Gasteiger partial charge in [-0.2, -0.15) is 0 Å². The Labute approximate surface area is 259 Å². The summed E-state index contributed by atoms with van der Waals surface area (Å²) in [5, 5.41) is 0.970. The number of hydrogen-bond donors (Lipinski definition) is 0. The predicted octanol–water partition coefficient (Wildman–Crippen LogP) is 11.2. The molecule has 7 rings (SSSR count). The monoisotopic (exact) mass is 569 g/mol. The standard InChI is InChI=1S/C42H35NO/c1-26-10-18-31(19-11-26)38-39(32-20-12-27(2)13-21-32)41(34-24-16-29(4)17-25-34)43-36-9-7-6-8-35(36)37(30(5)44)42(43)40(38)33-22-14-28(3)15-23-33/h6-25H,1-5H3. The SMILES string of the molecule is CC(=O)c1c2ccccc2n2c(-c3ccc(C)cc3)c(-c3ccc(C)cc3)c(-c3ccc(C)cc3)c(-c3ccc(C)cc3)c12. The van der Waals surface area contributed by atoms with E-state index in [1.54, 1.807) is 6.92 Å². The van der Waals surface area contributed by atoms with E-state index in [2.05, 4.69) is 147 Å². The zero-order valence-electron chi connectivity index (χ0n) is 25.9. The van der Waals surface area contributed by atoms with Crippen molar-refractivity contribution in [3.63, 3.8) is 0 Å². The van der Waals surface area contributed by atoms with E-state index in [4.69, 9.17) is 0 Å². The summed E-state index contributed by atoms with van der Waals surface area (Å²) < 4.78 is 2.36. The van der Waals surface area contributed by atoms with Crippen molar-refractivity contribution in [2.45, 2.75) is 34.6 Å². The normalized spacial score (nSPS) is 11.4. The van der Waals surface area contributed by atoms with E-state index in [-0.39, 0.29) is 5.78 Å². The van der Waals surface area contributed by atoms with Crippen LogP contribution < -0.4 is 0 Å². The number of rotatable bonds is 5. The third-order valence-electron chi connectivity index (χ3n) is 8.77. The second-order valence-corrected chi connectivity index (χ2v) is 12.1. The molecule has 2 nitrogen and oxygen atoms in total. The van der Waals surface area contributed by atoms with Crippen LogP contribution in [0.3, 0.4) is 0 Å². The van der Waals surface area contributed by atoms with Crippen LogP contribution in [-0.4, -0.2) is 10.2 Å². The van der Waals surface area contributed by atoms with Gasteiger partial charge in [-0.05, 0) is 62.9 Å². The highest BCUT2D eigenvalue weighted by Gasteiger charge is 2.29. The first-order chi connectivity index (χ1) is 21.3. The summed E-state index contributed by atoms with van der Waals surface area (Å²) in [6.07, 6.45) is 0. The molecule has 0 spiro atoms. The fourth-order valence-corrected chi connectivity index (χ4v) is 6.54. The number of fused-ring (bicyclic) bond motifs is 3. The smallest absolute Gasteiger partial charge is 0.162 e.